The fraction of sp³-hybridized carbons (Fsp3) is 0.500. The number of likely N-dealkylation sites (tertiary alicyclic amines) is 1. The van der Waals surface area contributed by atoms with Crippen molar-refractivity contribution < 1.29 is 27.5 Å². The minimum Gasteiger partial charge on any atom is -0.465 e. The molecular formula is C18H22FN3O5S. The number of amides is 2. The molecule has 1 fully saturated rings. The molecule has 8 nitrogen and oxygen atoms in total. The van der Waals surface area contributed by atoms with E-state index in [1.54, 1.807) is 36.4 Å². The number of rotatable bonds is 6. The van der Waals surface area contributed by atoms with E-state index in [0.29, 0.717) is 5.56 Å². The largest absolute Gasteiger partial charge is 0.465 e. The number of sulfone groups is 1. The topological polar surface area (TPSA) is 128 Å². The van der Waals surface area contributed by atoms with Gasteiger partial charge in [-0.2, -0.15) is 5.26 Å². The zero-order valence-corrected chi connectivity index (χ0v) is 16.3. The average Bonchev–Trinajstić information content (AvgIpc) is 3.00. The number of hydrogen-bond acceptors (Lipinski definition) is 5. The van der Waals surface area contributed by atoms with Gasteiger partial charge in [0.25, 0.3) is 0 Å². The van der Waals surface area contributed by atoms with Gasteiger partial charge in [0.1, 0.15) is 18.3 Å². The van der Waals surface area contributed by atoms with E-state index in [0.717, 1.165) is 4.90 Å². The van der Waals surface area contributed by atoms with Crippen molar-refractivity contribution >= 4 is 21.8 Å². The van der Waals surface area contributed by atoms with Gasteiger partial charge in [-0.15, -0.1) is 0 Å². The lowest BCUT2D eigenvalue weighted by molar-refractivity contribution is -0.134. The molecule has 0 aliphatic carbocycles. The van der Waals surface area contributed by atoms with Gasteiger partial charge in [-0.3, -0.25) is 4.79 Å². The summed E-state index contributed by atoms with van der Waals surface area (Å²) in [6.45, 7) is 2.10. The molecule has 0 spiro atoms. The standard InChI is InChI=1S/C18H22FN3O5S/c1-18(2,28(26,27)11-12-6-4-3-5-7-12)15(21-17(24)25)16(23)22-10-13(19)8-14(22)9-20/h3-7,13-15,21H,8,10-11H2,1-2H3,(H,24,25)/t13-,14-,15+/m0/s1. The molecular weight excluding hydrogens is 389 g/mol. The van der Waals surface area contributed by atoms with Crippen LogP contribution in [0.1, 0.15) is 25.8 Å². The Hall–Kier alpha value is -2.67. The van der Waals surface area contributed by atoms with Crippen LogP contribution in [0, 0.1) is 11.3 Å². The van der Waals surface area contributed by atoms with E-state index in [1.165, 1.54) is 13.8 Å². The third kappa shape index (κ3) is 4.42. The predicted molar refractivity (Wildman–Crippen MR) is 98.7 cm³/mol. The van der Waals surface area contributed by atoms with Gasteiger partial charge < -0.3 is 15.3 Å². The second-order valence-corrected chi connectivity index (χ2v) is 9.77. The number of nitriles is 1. The zero-order chi connectivity index (χ0) is 21.1. The van der Waals surface area contributed by atoms with E-state index in [2.05, 4.69) is 0 Å². The zero-order valence-electron chi connectivity index (χ0n) is 15.5. The monoisotopic (exact) mass is 411 g/mol. The minimum absolute atomic E-state index is 0.195. The van der Waals surface area contributed by atoms with Crippen molar-refractivity contribution in [3.05, 3.63) is 35.9 Å². The Balaban J connectivity index is 2.38. The van der Waals surface area contributed by atoms with Gasteiger partial charge in [0.05, 0.1) is 23.1 Å². The number of benzene rings is 1. The Bertz CT molecular complexity index is 882. The number of hydrogen-bond donors (Lipinski definition) is 2. The summed E-state index contributed by atoms with van der Waals surface area (Å²) in [6.07, 6.45) is -3.21. The minimum atomic E-state index is -4.02. The maximum Gasteiger partial charge on any atom is 0.405 e. The fourth-order valence-corrected chi connectivity index (χ4v) is 4.65. The average molecular weight is 411 g/mol. The highest BCUT2D eigenvalue weighted by molar-refractivity contribution is 7.92. The Labute approximate surface area is 162 Å². The maximum absolute atomic E-state index is 13.7. The Morgan fingerprint density at radius 3 is 2.54 bits per heavy atom. The number of carbonyl (C=O) groups excluding carboxylic acids is 1. The number of nitrogens with one attached hydrogen (secondary N) is 1. The van der Waals surface area contributed by atoms with Crippen LogP contribution in [0.25, 0.3) is 0 Å². The third-order valence-electron chi connectivity index (χ3n) is 4.89. The van der Waals surface area contributed by atoms with E-state index in [-0.39, 0.29) is 13.0 Å². The summed E-state index contributed by atoms with van der Waals surface area (Å²) in [6, 6.07) is 7.30. The molecule has 1 heterocycles. The van der Waals surface area contributed by atoms with Gasteiger partial charge in [0.15, 0.2) is 9.84 Å². The molecule has 1 aliphatic rings. The van der Waals surface area contributed by atoms with Crippen LogP contribution in [-0.2, 0) is 20.4 Å². The normalized spacial score (nSPS) is 21.0. The first-order valence-corrected chi connectivity index (χ1v) is 10.2. The van der Waals surface area contributed by atoms with E-state index in [9.17, 15) is 22.4 Å². The summed E-state index contributed by atoms with van der Waals surface area (Å²) in [4.78, 5) is 25.1. The van der Waals surface area contributed by atoms with Crippen molar-refractivity contribution in [1.29, 1.82) is 5.26 Å². The maximum atomic E-state index is 13.7. The van der Waals surface area contributed by atoms with E-state index < -0.39 is 50.6 Å². The van der Waals surface area contributed by atoms with Gasteiger partial charge in [0, 0.05) is 6.42 Å². The van der Waals surface area contributed by atoms with Crippen molar-refractivity contribution in [2.75, 3.05) is 6.54 Å². The first-order chi connectivity index (χ1) is 13.0. The molecule has 28 heavy (non-hydrogen) atoms. The van der Waals surface area contributed by atoms with E-state index >= 15 is 0 Å². The van der Waals surface area contributed by atoms with Crippen LogP contribution >= 0.6 is 0 Å². The summed E-state index contributed by atoms with van der Waals surface area (Å²) in [7, 11) is -4.02. The molecule has 0 bridgehead atoms. The first kappa shape index (κ1) is 21.6. The molecule has 0 radical (unpaired) electrons. The number of nitrogens with zero attached hydrogens (tertiary/aromatic N) is 2. The van der Waals surface area contributed by atoms with Crippen molar-refractivity contribution in [3.8, 4) is 6.07 Å². The first-order valence-electron chi connectivity index (χ1n) is 8.59. The van der Waals surface area contributed by atoms with Crippen molar-refractivity contribution in [3.63, 3.8) is 0 Å². The fourth-order valence-electron chi connectivity index (χ4n) is 3.13. The third-order valence-corrected chi connectivity index (χ3v) is 7.45. The summed E-state index contributed by atoms with van der Waals surface area (Å²) in [5.41, 5.74) is 0.483. The lowest BCUT2D eigenvalue weighted by Crippen LogP contribution is -2.61. The van der Waals surface area contributed by atoms with E-state index in [1.807, 2.05) is 5.32 Å². The summed E-state index contributed by atoms with van der Waals surface area (Å²) < 4.78 is 37.9. The molecule has 2 N–H and O–H groups in total. The summed E-state index contributed by atoms with van der Waals surface area (Å²) in [5, 5.41) is 20.3. The van der Waals surface area contributed by atoms with Gasteiger partial charge in [-0.1, -0.05) is 30.3 Å². The molecule has 1 aromatic carbocycles. The van der Waals surface area contributed by atoms with Gasteiger partial charge in [-0.25, -0.2) is 17.6 Å². The van der Waals surface area contributed by atoms with Crippen LogP contribution in [0.4, 0.5) is 9.18 Å². The smallest absolute Gasteiger partial charge is 0.405 e. The molecule has 0 aromatic heterocycles. The molecule has 2 amide bonds. The van der Waals surface area contributed by atoms with Crippen LogP contribution in [-0.4, -0.2) is 60.0 Å². The SMILES string of the molecule is CC(C)([C@H](NC(=O)O)C(=O)N1C[C@@H](F)C[C@H]1C#N)S(=O)(=O)Cc1ccccc1. The van der Waals surface area contributed by atoms with Crippen LogP contribution in [0.3, 0.4) is 0 Å². The van der Waals surface area contributed by atoms with Crippen LogP contribution in [0.5, 0.6) is 0 Å². The molecule has 0 unspecified atom stereocenters. The van der Waals surface area contributed by atoms with Crippen molar-refractivity contribution in [2.45, 2.75) is 49.0 Å². The van der Waals surface area contributed by atoms with Crippen molar-refractivity contribution in [1.82, 2.24) is 10.2 Å². The highest BCUT2D eigenvalue weighted by atomic mass is 32.2. The second-order valence-electron chi connectivity index (χ2n) is 7.20. The van der Waals surface area contributed by atoms with Gasteiger partial charge in [-0.05, 0) is 19.4 Å². The Kier molecular flexibility index (Phi) is 6.29. The Morgan fingerprint density at radius 2 is 2.00 bits per heavy atom. The second kappa shape index (κ2) is 8.14. The number of alkyl halides is 1. The molecule has 3 atom stereocenters. The molecule has 0 saturated carbocycles. The van der Waals surface area contributed by atoms with E-state index in [4.69, 9.17) is 10.4 Å². The number of halogens is 1. The highest BCUT2D eigenvalue weighted by Crippen LogP contribution is 2.29. The van der Waals surface area contributed by atoms with Crippen LogP contribution < -0.4 is 5.32 Å². The summed E-state index contributed by atoms with van der Waals surface area (Å²) in [5.74, 6) is -1.34. The van der Waals surface area contributed by atoms with Crippen LogP contribution in [0.2, 0.25) is 0 Å². The molecule has 1 aromatic rings. The number of carboxylic acid groups (broad SMARTS) is 1. The van der Waals surface area contributed by atoms with Crippen LogP contribution in [0.15, 0.2) is 30.3 Å². The molecule has 1 saturated heterocycles. The lowest BCUT2D eigenvalue weighted by Gasteiger charge is -2.35. The lowest BCUT2D eigenvalue weighted by atomic mass is 10.0. The Morgan fingerprint density at radius 1 is 1.39 bits per heavy atom. The quantitative estimate of drug-likeness (QED) is 0.730. The van der Waals surface area contributed by atoms with Crippen molar-refractivity contribution in [2.24, 2.45) is 0 Å². The molecule has 10 heteroatoms. The molecule has 1 aliphatic heterocycles. The highest BCUT2D eigenvalue weighted by Gasteiger charge is 2.50. The summed E-state index contributed by atoms with van der Waals surface area (Å²) >= 11 is 0. The predicted octanol–water partition coefficient (Wildman–Crippen LogP) is 1.48. The number of carbonyl (C=O) groups is 2. The molecule has 2 rings (SSSR count). The molecule has 152 valence electrons. The van der Waals surface area contributed by atoms with Gasteiger partial charge >= 0.3 is 6.09 Å². The van der Waals surface area contributed by atoms with Gasteiger partial charge in [0.2, 0.25) is 5.91 Å².